The number of aliphatic hydroxyl groups excluding tert-OH is 1. The second-order valence-corrected chi connectivity index (χ2v) is 7.24. The molecule has 2 aromatic rings. The molecule has 0 amide bonds. The molecule has 2 fully saturated rings. The van der Waals surface area contributed by atoms with Gasteiger partial charge in [-0.1, -0.05) is 23.4 Å². The molecule has 6 nitrogen and oxygen atoms in total. The van der Waals surface area contributed by atoms with Crippen LogP contribution in [0.3, 0.4) is 0 Å². The van der Waals surface area contributed by atoms with Crippen molar-refractivity contribution in [1.29, 1.82) is 0 Å². The predicted molar refractivity (Wildman–Crippen MR) is 95.1 cm³/mol. The largest absolute Gasteiger partial charge is 0.396 e. The van der Waals surface area contributed by atoms with Gasteiger partial charge in [0, 0.05) is 24.8 Å². The highest BCUT2D eigenvalue weighted by Crippen LogP contribution is 2.38. The van der Waals surface area contributed by atoms with E-state index in [0.717, 1.165) is 49.9 Å². The van der Waals surface area contributed by atoms with Crippen molar-refractivity contribution in [2.24, 2.45) is 5.92 Å². The van der Waals surface area contributed by atoms with E-state index >= 15 is 0 Å². The van der Waals surface area contributed by atoms with E-state index in [1.54, 1.807) is 0 Å². The Hall–Kier alpha value is -1.92. The van der Waals surface area contributed by atoms with Crippen LogP contribution in [0, 0.1) is 5.92 Å². The highest BCUT2D eigenvalue weighted by molar-refractivity contribution is 5.51. The molecule has 1 aliphatic carbocycles. The van der Waals surface area contributed by atoms with E-state index in [9.17, 15) is 5.11 Å². The standard InChI is InChI=1S/C19H26N4O2/c24-13-14-7-9-23(10-8-14)12-16-3-1-2-4-17(16)20-11-18-21-19(25-22-18)15-5-6-15/h1-4,14-15,20,24H,5-13H2. The van der Waals surface area contributed by atoms with E-state index in [2.05, 4.69) is 44.6 Å². The van der Waals surface area contributed by atoms with Gasteiger partial charge in [0.05, 0.1) is 6.54 Å². The first-order valence-corrected chi connectivity index (χ1v) is 9.29. The third kappa shape index (κ3) is 4.19. The molecule has 0 unspecified atom stereocenters. The van der Waals surface area contributed by atoms with Gasteiger partial charge >= 0.3 is 0 Å². The summed E-state index contributed by atoms with van der Waals surface area (Å²) in [5.74, 6) is 2.48. The summed E-state index contributed by atoms with van der Waals surface area (Å²) < 4.78 is 5.32. The van der Waals surface area contributed by atoms with Crippen molar-refractivity contribution in [2.75, 3.05) is 25.0 Å². The number of para-hydroxylation sites is 1. The lowest BCUT2D eigenvalue weighted by atomic mass is 9.97. The van der Waals surface area contributed by atoms with Gasteiger partial charge in [-0.3, -0.25) is 4.90 Å². The molecular formula is C19H26N4O2. The molecule has 0 bridgehead atoms. The smallest absolute Gasteiger partial charge is 0.229 e. The van der Waals surface area contributed by atoms with E-state index in [0.29, 0.717) is 25.0 Å². The topological polar surface area (TPSA) is 74.4 Å². The fourth-order valence-corrected chi connectivity index (χ4v) is 3.41. The van der Waals surface area contributed by atoms with Crippen LogP contribution in [0.15, 0.2) is 28.8 Å². The van der Waals surface area contributed by atoms with Crippen LogP contribution < -0.4 is 5.32 Å². The van der Waals surface area contributed by atoms with Crippen LogP contribution in [0.5, 0.6) is 0 Å². The summed E-state index contributed by atoms with van der Waals surface area (Å²) in [6.45, 7) is 3.94. The minimum Gasteiger partial charge on any atom is -0.396 e. The molecular weight excluding hydrogens is 316 g/mol. The number of hydrogen-bond donors (Lipinski definition) is 2. The van der Waals surface area contributed by atoms with Gasteiger partial charge in [0.15, 0.2) is 5.82 Å². The average molecular weight is 342 g/mol. The zero-order valence-corrected chi connectivity index (χ0v) is 14.5. The zero-order valence-electron chi connectivity index (χ0n) is 14.5. The molecule has 1 aromatic carbocycles. The van der Waals surface area contributed by atoms with Crippen LogP contribution in [-0.4, -0.2) is 39.8 Å². The van der Waals surface area contributed by atoms with Gasteiger partial charge in [-0.2, -0.15) is 4.98 Å². The third-order valence-electron chi connectivity index (χ3n) is 5.22. The van der Waals surface area contributed by atoms with E-state index in [4.69, 9.17) is 4.52 Å². The van der Waals surface area contributed by atoms with E-state index in [-0.39, 0.29) is 0 Å². The Kier molecular flexibility index (Phi) is 4.99. The Morgan fingerprint density at radius 3 is 2.72 bits per heavy atom. The SMILES string of the molecule is OCC1CCN(Cc2ccccc2NCc2noc(C3CC3)n2)CC1. The molecule has 0 atom stereocenters. The number of anilines is 1. The van der Waals surface area contributed by atoms with Crippen molar-refractivity contribution in [2.45, 2.75) is 44.7 Å². The number of likely N-dealkylation sites (tertiary alicyclic amines) is 1. The normalized spacial score (nSPS) is 19.2. The summed E-state index contributed by atoms with van der Waals surface area (Å²) in [5, 5.41) is 16.8. The number of nitrogens with zero attached hydrogens (tertiary/aromatic N) is 3. The van der Waals surface area contributed by atoms with Crippen LogP contribution in [0.2, 0.25) is 0 Å². The first-order chi connectivity index (χ1) is 12.3. The van der Waals surface area contributed by atoms with E-state index in [1.807, 2.05) is 0 Å². The number of aliphatic hydroxyl groups is 1. The third-order valence-corrected chi connectivity index (χ3v) is 5.22. The minimum atomic E-state index is 0.319. The van der Waals surface area contributed by atoms with Crippen LogP contribution >= 0.6 is 0 Å². The highest BCUT2D eigenvalue weighted by atomic mass is 16.5. The first kappa shape index (κ1) is 16.5. The maximum absolute atomic E-state index is 9.28. The van der Waals surface area contributed by atoms with Crippen LogP contribution in [0.1, 0.15) is 48.9 Å². The molecule has 134 valence electrons. The van der Waals surface area contributed by atoms with Gasteiger partial charge in [-0.25, -0.2) is 0 Å². The van der Waals surface area contributed by atoms with Gasteiger partial charge in [0.2, 0.25) is 5.89 Å². The molecule has 2 N–H and O–H groups in total. The monoisotopic (exact) mass is 342 g/mol. The van der Waals surface area contributed by atoms with Gasteiger partial charge < -0.3 is 14.9 Å². The maximum Gasteiger partial charge on any atom is 0.229 e. The van der Waals surface area contributed by atoms with Crippen LogP contribution in [0.25, 0.3) is 0 Å². The van der Waals surface area contributed by atoms with Crippen molar-refractivity contribution < 1.29 is 9.63 Å². The number of hydrogen-bond acceptors (Lipinski definition) is 6. The van der Waals surface area contributed by atoms with Gasteiger partial charge in [0.25, 0.3) is 0 Å². The Morgan fingerprint density at radius 1 is 1.16 bits per heavy atom. The number of benzene rings is 1. The van der Waals surface area contributed by atoms with Gasteiger partial charge in [0.1, 0.15) is 0 Å². The van der Waals surface area contributed by atoms with Crippen molar-refractivity contribution in [3.63, 3.8) is 0 Å². The molecule has 1 saturated carbocycles. The molecule has 6 heteroatoms. The van der Waals surface area contributed by atoms with Crippen molar-refractivity contribution >= 4 is 5.69 Å². The average Bonchev–Trinajstić information content (AvgIpc) is 3.40. The summed E-state index contributed by atoms with van der Waals surface area (Å²) >= 11 is 0. The lowest BCUT2D eigenvalue weighted by Gasteiger charge is -2.31. The molecule has 1 aliphatic heterocycles. The summed E-state index contributed by atoms with van der Waals surface area (Å²) in [6, 6.07) is 8.42. The molecule has 2 aliphatic rings. The Bertz CT molecular complexity index is 690. The van der Waals surface area contributed by atoms with Gasteiger partial charge in [-0.05, 0) is 56.3 Å². The summed E-state index contributed by atoms with van der Waals surface area (Å²) in [4.78, 5) is 6.94. The van der Waals surface area contributed by atoms with Crippen LogP contribution in [0.4, 0.5) is 5.69 Å². The van der Waals surface area contributed by atoms with Crippen molar-refractivity contribution in [3.8, 4) is 0 Å². The van der Waals surface area contributed by atoms with Gasteiger partial charge in [-0.15, -0.1) is 0 Å². The highest BCUT2D eigenvalue weighted by Gasteiger charge is 2.29. The molecule has 0 spiro atoms. The summed E-state index contributed by atoms with van der Waals surface area (Å²) in [6.07, 6.45) is 4.51. The molecule has 1 saturated heterocycles. The first-order valence-electron chi connectivity index (χ1n) is 9.29. The zero-order chi connectivity index (χ0) is 17.1. The number of nitrogens with one attached hydrogen (secondary N) is 1. The Labute approximate surface area is 148 Å². The molecule has 1 aromatic heterocycles. The molecule has 2 heterocycles. The predicted octanol–water partition coefficient (Wildman–Crippen LogP) is 2.76. The van der Waals surface area contributed by atoms with Crippen molar-refractivity contribution in [1.82, 2.24) is 15.0 Å². The maximum atomic E-state index is 9.28. The Morgan fingerprint density at radius 2 is 1.96 bits per heavy atom. The molecule has 25 heavy (non-hydrogen) atoms. The van der Waals surface area contributed by atoms with Crippen LogP contribution in [-0.2, 0) is 13.1 Å². The lowest BCUT2D eigenvalue weighted by Crippen LogP contribution is -2.34. The fourth-order valence-electron chi connectivity index (χ4n) is 3.41. The second-order valence-electron chi connectivity index (χ2n) is 7.24. The minimum absolute atomic E-state index is 0.319. The number of aromatic nitrogens is 2. The number of piperidine rings is 1. The van der Waals surface area contributed by atoms with E-state index < -0.39 is 0 Å². The number of rotatable bonds is 7. The summed E-state index contributed by atoms with van der Waals surface area (Å²) in [5.41, 5.74) is 2.42. The molecule has 0 radical (unpaired) electrons. The Balaban J connectivity index is 1.35. The van der Waals surface area contributed by atoms with E-state index in [1.165, 1.54) is 18.4 Å². The quantitative estimate of drug-likeness (QED) is 0.806. The van der Waals surface area contributed by atoms with Crippen molar-refractivity contribution in [3.05, 3.63) is 41.5 Å². The summed E-state index contributed by atoms with van der Waals surface area (Å²) in [7, 11) is 0. The second kappa shape index (κ2) is 7.54. The molecule has 4 rings (SSSR count). The lowest BCUT2D eigenvalue weighted by molar-refractivity contribution is 0.127. The fraction of sp³-hybridized carbons (Fsp3) is 0.579.